The molecular formula is C30H16F2N4. The zero-order valence-electron chi connectivity index (χ0n) is 18.8. The Morgan fingerprint density at radius 2 is 0.972 bits per heavy atom. The molecule has 0 fully saturated rings. The summed E-state index contributed by atoms with van der Waals surface area (Å²) in [7, 11) is 0. The van der Waals surface area contributed by atoms with Crippen LogP contribution >= 0.6 is 0 Å². The van der Waals surface area contributed by atoms with Crippen LogP contribution in [0.25, 0.3) is 55.1 Å². The molecule has 170 valence electrons. The first-order valence-electron chi connectivity index (χ1n) is 11.4. The largest absolute Gasteiger partial charge is 0.304 e. The Labute approximate surface area is 203 Å². The third kappa shape index (κ3) is 2.62. The van der Waals surface area contributed by atoms with Crippen molar-refractivity contribution in [1.29, 1.82) is 5.26 Å². The lowest BCUT2D eigenvalue weighted by atomic mass is 10.2. The van der Waals surface area contributed by atoms with Crippen LogP contribution in [0.2, 0.25) is 0 Å². The zero-order valence-corrected chi connectivity index (χ0v) is 18.8. The summed E-state index contributed by atoms with van der Waals surface area (Å²) in [6, 6.07) is 31.9. The summed E-state index contributed by atoms with van der Waals surface area (Å²) in [6.45, 7) is 0. The first-order chi connectivity index (χ1) is 17.7. The summed E-state index contributed by atoms with van der Waals surface area (Å²) in [5, 5.41) is 13.6. The van der Waals surface area contributed by atoms with E-state index in [0.717, 1.165) is 21.5 Å². The highest BCUT2D eigenvalue weighted by atomic mass is 19.1. The number of nitrogens with zero attached hydrogens (tertiary/aromatic N) is 4. The van der Waals surface area contributed by atoms with E-state index in [1.54, 1.807) is 9.13 Å². The minimum atomic E-state index is -0.920. The van der Waals surface area contributed by atoms with Gasteiger partial charge in [-0.2, -0.15) is 14.6 Å². The average Bonchev–Trinajstić information content (AvgIpc) is 3.43. The molecule has 0 N–H and O–H groups in total. The highest BCUT2D eigenvalue weighted by Gasteiger charge is 2.27. The molecule has 4 aromatic carbocycles. The fourth-order valence-corrected chi connectivity index (χ4v) is 5.28. The first kappa shape index (κ1) is 20.4. The van der Waals surface area contributed by atoms with Gasteiger partial charge < -0.3 is 4.57 Å². The molecule has 36 heavy (non-hydrogen) atoms. The molecule has 3 heterocycles. The van der Waals surface area contributed by atoms with Gasteiger partial charge >= 0.3 is 0 Å². The van der Waals surface area contributed by atoms with Crippen molar-refractivity contribution in [3.8, 4) is 17.6 Å². The van der Waals surface area contributed by atoms with Crippen molar-refractivity contribution < 1.29 is 8.78 Å². The highest BCUT2D eigenvalue weighted by molar-refractivity contribution is 6.10. The van der Waals surface area contributed by atoms with Gasteiger partial charge in [-0.25, -0.2) is 4.39 Å². The van der Waals surface area contributed by atoms with Crippen LogP contribution in [-0.2, 0) is 0 Å². The Kier molecular flexibility index (Phi) is 4.24. The molecule has 0 amide bonds. The predicted molar refractivity (Wildman–Crippen MR) is 138 cm³/mol. The molecule has 6 heteroatoms. The predicted octanol–water partition coefficient (Wildman–Crippen LogP) is 7.43. The second kappa shape index (κ2) is 7.49. The maximum absolute atomic E-state index is 16.2. The summed E-state index contributed by atoms with van der Waals surface area (Å²) in [4.78, 5) is 4.14. The number of nitriles is 1. The molecule has 7 rings (SSSR count). The van der Waals surface area contributed by atoms with E-state index < -0.39 is 17.3 Å². The van der Waals surface area contributed by atoms with Crippen molar-refractivity contribution in [3.05, 3.63) is 114 Å². The molecule has 0 saturated carbocycles. The Morgan fingerprint density at radius 3 is 1.39 bits per heavy atom. The van der Waals surface area contributed by atoms with Crippen LogP contribution in [0.5, 0.6) is 0 Å². The average molecular weight is 470 g/mol. The smallest absolute Gasteiger partial charge is 0.240 e. The van der Waals surface area contributed by atoms with Gasteiger partial charge in [0.05, 0.1) is 22.1 Å². The quantitative estimate of drug-likeness (QED) is 0.247. The molecule has 0 saturated heterocycles. The van der Waals surface area contributed by atoms with Crippen molar-refractivity contribution in [3.63, 3.8) is 0 Å². The van der Waals surface area contributed by atoms with E-state index in [2.05, 4.69) is 4.98 Å². The van der Waals surface area contributed by atoms with Gasteiger partial charge in [-0.1, -0.05) is 72.8 Å². The summed E-state index contributed by atoms with van der Waals surface area (Å²) >= 11 is 0. The molecule has 7 aromatic rings. The van der Waals surface area contributed by atoms with Crippen LogP contribution < -0.4 is 0 Å². The van der Waals surface area contributed by atoms with Crippen LogP contribution in [-0.4, -0.2) is 14.1 Å². The summed E-state index contributed by atoms with van der Waals surface area (Å²) in [6.07, 6.45) is 0. The Balaban J connectivity index is 1.61. The number of aromatic nitrogens is 3. The summed E-state index contributed by atoms with van der Waals surface area (Å²) in [5.74, 6) is -2.04. The summed E-state index contributed by atoms with van der Waals surface area (Å²) < 4.78 is 35.4. The Bertz CT molecular complexity index is 1940. The van der Waals surface area contributed by atoms with E-state index in [0.29, 0.717) is 22.1 Å². The van der Waals surface area contributed by atoms with Crippen molar-refractivity contribution in [2.75, 3.05) is 0 Å². The molecule has 0 spiro atoms. The van der Waals surface area contributed by atoms with E-state index in [-0.39, 0.29) is 11.5 Å². The number of para-hydroxylation sites is 4. The molecule has 0 atom stereocenters. The molecule has 0 radical (unpaired) electrons. The molecule has 0 bridgehead atoms. The minimum absolute atomic E-state index is 0.197. The van der Waals surface area contributed by atoms with Crippen LogP contribution in [0.4, 0.5) is 8.78 Å². The molecule has 0 aliphatic carbocycles. The van der Waals surface area contributed by atoms with Gasteiger partial charge in [0.25, 0.3) is 0 Å². The maximum atomic E-state index is 16.2. The van der Waals surface area contributed by atoms with E-state index in [1.807, 2.05) is 103 Å². The topological polar surface area (TPSA) is 46.5 Å². The number of halogens is 2. The SMILES string of the molecule is N#Cc1c(F)c(-n2c3ccccc3c3ccccc32)nc(F)c1-n1c2ccccc2c2ccccc21. The lowest BCUT2D eigenvalue weighted by Crippen LogP contribution is -2.11. The molecule has 0 aliphatic heterocycles. The molecule has 0 aliphatic rings. The van der Waals surface area contributed by atoms with Crippen LogP contribution in [0, 0.1) is 23.1 Å². The van der Waals surface area contributed by atoms with Crippen LogP contribution in [0.15, 0.2) is 97.1 Å². The van der Waals surface area contributed by atoms with Crippen LogP contribution in [0.1, 0.15) is 5.56 Å². The third-order valence-corrected chi connectivity index (χ3v) is 6.76. The second-order valence-corrected chi connectivity index (χ2v) is 8.62. The third-order valence-electron chi connectivity index (χ3n) is 6.76. The maximum Gasteiger partial charge on any atom is 0.240 e. The van der Waals surface area contributed by atoms with Gasteiger partial charge in [0.2, 0.25) is 5.95 Å². The van der Waals surface area contributed by atoms with Crippen LogP contribution in [0.3, 0.4) is 0 Å². The first-order valence-corrected chi connectivity index (χ1v) is 11.4. The molecule has 0 unspecified atom stereocenters. The van der Waals surface area contributed by atoms with Crippen molar-refractivity contribution in [2.45, 2.75) is 0 Å². The fraction of sp³-hybridized carbons (Fsp3) is 0. The zero-order chi connectivity index (χ0) is 24.4. The lowest BCUT2D eigenvalue weighted by molar-refractivity contribution is 0.546. The number of hydrogen-bond donors (Lipinski definition) is 0. The van der Waals surface area contributed by atoms with Gasteiger partial charge in [-0.15, -0.1) is 0 Å². The van der Waals surface area contributed by atoms with E-state index in [4.69, 9.17) is 0 Å². The van der Waals surface area contributed by atoms with Crippen molar-refractivity contribution in [1.82, 2.24) is 14.1 Å². The monoisotopic (exact) mass is 470 g/mol. The molecule has 3 aromatic heterocycles. The Morgan fingerprint density at radius 1 is 0.583 bits per heavy atom. The van der Waals surface area contributed by atoms with E-state index in [1.165, 1.54) is 0 Å². The lowest BCUT2D eigenvalue weighted by Gasteiger charge is -2.15. The second-order valence-electron chi connectivity index (χ2n) is 8.62. The number of pyridine rings is 1. The molecule has 4 nitrogen and oxygen atoms in total. The van der Waals surface area contributed by atoms with E-state index in [9.17, 15) is 5.26 Å². The normalized spacial score (nSPS) is 11.6. The summed E-state index contributed by atoms with van der Waals surface area (Å²) in [5.41, 5.74) is 2.10. The number of hydrogen-bond acceptors (Lipinski definition) is 2. The van der Waals surface area contributed by atoms with Crippen molar-refractivity contribution in [2.24, 2.45) is 0 Å². The van der Waals surface area contributed by atoms with Gasteiger partial charge in [0.15, 0.2) is 11.6 Å². The van der Waals surface area contributed by atoms with Gasteiger partial charge in [0, 0.05) is 21.5 Å². The molecular weight excluding hydrogens is 454 g/mol. The Hall–Kier alpha value is -5.02. The van der Waals surface area contributed by atoms with Crippen molar-refractivity contribution >= 4 is 43.6 Å². The standard InChI is InChI=1S/C30H16F2N4/c31-27-22(17-33)28(35-23-13-5-1-9-18(23)19-10-2-6-14-24(19)35)29(32)34-30(27)36-25-15-7-3-11-20(25)21-12-4-8-16-26(21)36/h1-16H. The van der Waals surface area contributed by atoms with E-state index >= 15 is 8.78 Å². The van der Waals surface area contributed by atoms with Gasteiger partial charge in [-0.05, 0) is 24.3 Å². The van der Waals surface area contributed by atoms with Gasteiger partial charge in [0.1, 0.15) is 17.3 Å². The minimum Gasteiger partial charge on any atom is -0.304 e. The number of benzene rings is 4. The highest BCUT2D eigenvalue weighted by Crippen LogP contribution is 2.37. The number of rotatable bonds is 2. The van der Waals surface area contributed by atoms with Gasteiger partial charge in [-0.3, -0.25) is 4.57 Å². The fourth-order valence-electron chi connectivity index (χ4n) is 5.28. The number of fused-ring (bicyclic) bond motifs is 6.